The zero-order valence-corrected chi connectivity index (χ0v) is 10.6. The predicted octanol–water partition coefficient (Wildman–Crippen LogP) is 2.86. The first-order chi connectivity index (χ1) is 6.98. The van der Waals surface area contributed by atoms with Crippen LogP contribution in [0.4, 0.5) is 13.2 Å². The molecule has 0 unspecified atom stereocenters. The zero-order chi connectivity index (χ0) is 13.2. The smallest absolute Gasteiger partial charge is 0.254 e. The molecule has 0 saturated carbocycles. The van der Waals surface area contributed by atoms with E-state index in [1.54, 1.807) is 13.8 Å². The first-order valence-electron chi connectivity index (χ1n) is 4.99. The van der Waals surface area contributed by atoms with Crippen LogP contribution in [-0.4, -0.2) is 25.4 Å². The van der Waals surface area contributed by atoms with Crippen molar-refractivity contribution in [1.82, 2.24) is 0 Å². The summed E-state index contributed by atoms with van der Waals surface area (Å²) in [6.45, 7) is 4.59. The van der Waals surface area contributed by atoms with Crippen molar-refractivity contribution in [2.75, 3.05) is 0 Å². The molecule has 7 heteroatoms. The Morgan fingerprint density at radius 1 is 1.12 bits per heavy atom. The summed E-state index contributed by atoms with van der Waals surface area (Å²) in [5.74, 6) is 0. The van der Waals surface area contributed by atoms with Crippen molar-refractivity contribution < 1.29 is 25.8 Å². The molecule has 0 aliphatic carbocycles. The summed E-state index contributed by atoms with van der Waals surface area (Å²) in [5, 5.41) is -0.894. The summed E-state index contributed by atoms with van der Waals surface area (Å²) in [6.07, 6.45) is -4.26. The molecular weight excluding hydrogens is 245 g/mol. The van der Waals surface area contributed by atoms with Crippen LogP contribution in [0.3, 0.4) is 0 Å². The van der Waals surface area contributed by atoms with Crippen LogP contribution >= 0.6 is 0 Å². The summed E-state index contributed by atoms with van der Waals surface area (Å²) in [5.41, 5.74) is -2.69. The van der Waals surface area contributed by atoms with E-state index in [9.17, 15) is 21.6 Å². The topological polar surface area (TPSA) is 43.4 Å². The highest BCUT2D eigenvalue weighted by molar-refractivity contribution is 7.87. The van der Waals surface area contributed by atoms with Gasteiger partial charge in [-0.15, -0.1) is 0 Å². The standard InChI is InChI=1S/C9H17F3O3S/c1-5-7(6-2)16(13,14)15-8(3,4)9(10,11)12/h7H,5-6H2,1-4H3. The Balaban J connectivity index is 4.99. The van der Waals surface area contributed by atoms with Gasteiger partial charge in [0.25, 0.3) is 10.1 Å². The Hall–Kier alpha value is -0.300. The average molecular weight is 262 g/mol. The van der Waals surface area contributed by atoms with Crippen LogP contribution in [0.2, 0.25) is 0 Å². The molecular formula is C9H17F3O3S. The van der Waals surface area contributed by atoms with Gasteiger partial charge in [0.15, 0.2) is 5.60 Å². The quantitative estimate of drug-likeness (QED) is 0.715. The molecule has 16 heavy (non-hydrogen) atoms. The van der Waals surface area contributed by atoms with Crippen LogP contribution in [0, 0.1) is 0 Å². The van der Waals surface area contributed by atoms with E-state index in [2.05, 4.69) is 4.18 Å². The number of hydrogen-bond donors (Lipinski definition) is 0. The monoisotopic (exact) mass is 262 g/mol. The molecule has 98 valence electrons. The number of hydrogen-bond acceptors (Lipinski definition) is 3. The molecule has 0 fully saturated rings. The normalized spacial score (nSPS) is 14.5. The summed E-state index contributed by atoms with van der Waals surface area (Å²) < 4.78 is 64.7. The van der Waals surface area contributed by atoms with Gasteiger partial charge in [-0.3, -0.25) is 4.18 Å². The van der Waals surface area contributed by atoms with Gasteiger partial charge >= 0.3 is 6.18 Å². The maximum Gasteiger partial charge on any atom is 0.418 e. The molecule has 0 aliphatic heterocycles. The zero-order valence-electron chi connectivity index (χ0n) is 9.76. The Labute approximate surface area is 94.1 Å². The third-order valence-corrected chi connectivity index (χ3v) is 4.46. The summed E-state index contributed by atoms with van der Waals surface area (Å²) in [7, 11) is -4.18. The largest absolute Gasteiger partial charge is 0.418 e. The maximum absolute atomic E-state index is 12.4. The molecule has 0 rings (SSSR count). The molecule has 0 aromatic heterocycles. The van der Waals surface area contributed by atoms with E-state index in [0.29, 0.717) is 13.8 Å². The highest BCUT2D eigenvalue weighted by Crippen LogP contribution is 2.35. The molecule has 3 nitrogen and oxygen atoms in total. The fourth-order valence-corrected chi connectivity index (χ4v) is 2.73. The van der Waals surface area contributed by atoms with Gasteiger partial charge in [0.2, 0.25) is 0 Å². The van der Waals surface area contributed by atoms with Gasteiger partial charge < -0.3 is 0 Å². The third kappa shape index (κ3) is 3.62. The van der Waals surface area contributed by atoms with Crippen molar-refractivity contribution in [3.8, 4) is 0 Å². The summed E-state index contributed by atoms with van der Waals surface area (Å²) >= 11 is 0. The van der Waals surface area contributed by atoms with Crippen molar-refractivity contribution in [1.29, 1.82) is 0 Å². The molecule has 0 spiro atoms. The SMILES string of the molecule is CCC(CC)S(=O)(=O)OC(C)(C)C(F)(F)F. The lowest BCUT2D eigenvalue weighted by atomic mass is 10.1. The van der Waals surface area contributed by atoms with Crippen molar-refractivity contribution in [3.63, 3.8) is 0 Å². The lowest BCUT2D eigenvalue weighted by molar-refractivity contribution is -0.233. The minimum absolute atomic E-state index is 0.229. The van der Waals surface area contributed by atoms with Crippen molar-refractivity contribution in [2.45, 2.75) is 57.6 Å². The minimum atomic E-state index is -4.72. The van der Waals surface area contributed by atoms with Gasteiger partial charge in [-0.25, -0.2) is 0 Å². The van der Waals surface area contributed by atoms with Gasteiger partial charge in [0.05, 0.1) is 5.25 Å². The van der Waals surface area contributed by atoms with E-state index in [-0.39, 0.29) is 12.8 Å². The highest BCUT2D eigenvalue weighted by atomic mass is 32.2. The predicted molar refractivity (Wildman–Crippen MR) is 54.5 cm³/mol. The lowest BCUT2D eigenvalue weighted by Crippen LogP contribution is -2.45. The maximum atomic E-state index is 12.4. The van der Waals surface area contributed by atoms with Crippen molar-refractivity contribution in [2.24, 2.45) is 0 Å². The molecule has 0 aromatic carbocycles. The molecule has 0 radical (unpaired) electrons. The van der Waals surface area contributed by atoms with E-state index < -0.39 is 27.1 Å². The second kappa shape index (κ2) is 4.91. The summed E-state index contributed by atoms with van der Waals surface area (Å²) in [4.78, 5) is 0. The molecule has 0 N–H and O–H groups in total. The first kappa shape index (κ1) is 15.7. The van der Waals surface area contributed by atoms with Crippen LogP contribution in [0.5, 0.6) is 0 Å². The van der Waals surface area contributed by atoms with E-state index in [1.165, 1.54) is 0 Å². The molecule has 0 amide bonds. The fourth-order valence-electron chi connectivity index (χ4n) is 1.10. The van der Waals surface area contributed by atoms with Gasteiger partial charge in [0.1, 0.15) is 0 Å². The Bertz CT molecular complexity index is 315. The molecule has 0 aliphatic rings. The summed E-state index contributed by atoms with van der Waals surface area (Å²) in [6, 6.07) is 0. The number of halogens is 3. The van der Waals surface area contributed by atoms with Gasteiger partial charge in [-0.1, -0.05) is 13.8 Å². The van der Waals surface area contributed by atoms with E-state index >= 15 is 0 Å². The molecule has 0 aromatic rings. The van der Waals surface area contributed by atoms with Gasteiger partial charge in [-0.2, -0.15) is 21.6 Å². The molecule has 0 bridgehead atoms. The van der Waals surface area contributed by atoms with Crippen LogP contribution in [0.15, 0.2) is 0 Å². The van der Waals surface area contributed by atoms with E-state index in [0.717, 1.165) is 0 Å². The lowest BCUT2D eigenvalue weighted by Gasteiger charge is -2.28. The Morgan fingerprint density at radius 3 is 1.75 bits per heavy atom. The number of rotatable bonds is 5. The Morgan fingerprint density at radius 2 is 1.50 bits per heavy atom. The first-order valence-corrected chi connectivity index (χ1v) is 6.46. The van der Waals surface area contributed by atoms with Crippen LogP contribution in [0.25, 0.3) is 0 Å². The molecule has 0 heterocycles. The Kier molecular flexibility index (Phi) is 4.82. The van der Waals surface area contributed by atoms with Gasteiger partial charge in [-0.05, 0) is 26.7 Å². The number of alkyl halides is 3. The minimum Gasteiger partial charge on any atom is -0.254 e. The van der Waals surface area contributed by atoms with Crippen molar-refractivity contribution >= 4 is 10.1 Å². The second-order valence-corrected chi connectivity index (χ2v) is 5.84. The van der Waals surface area contributed by atoms with Crippen LogP contribution in [-0.2, 0) is 14.3 Å². The molecule has 0 saturated heterocycles. The second-order valence-electron chi connectivity index (χ2n) is 4.02. The fraction of sp³-hybridized carbons (Fsp3) is 1.00. The molecule has 0 atom stereocenters. The van der Waals surface area contributed by atoms with E-state index in [1.807, 2.05) is 0 Å². The van der Waals surface area contributed by atoms with Gasteiger partial charge in [0, 0.05) is 0 Å². The van der Waals surface area contributed by atoms with Crippen LogP contribution < -0.4 is 0 Å². The third-order valence-electron chi connectivity index (χ3n) is 2.33. The van der Waals surface area contributed by atoms with Crippen molar-refractivity contribution in [3.05, 3.63) is 0 Å². The van der Waals surface area contributed by atoms with Crippen LogP contribution in [0.1, 0.15) is 40.5 Å². The average Bonchev–Trinajstić information content (AvgIpc) is 2.00. The highest BCUT2D eigenvalue weighted by Gasteiger charge is 2.52. The van der Waals surface area contributed by atoms with E-state index in [4.69, 9.17) is 0 Å².